The normalized spacial score (nSPS) is 17.6. The van der Waals surface area contributed by atoms with Crippen LogP contribution in [0.4, 0.5) is 0 Å². The molecule has 1 aromatic carbocycles. The van der Waals surface area contributed by atoms with Gasteiger partial charge in [-0.25, -0.2) is 4.99 Å². The van der Waals surface area contributed by atoms with Crippen LogP contribution in [0.15, 0.2) is 39.8 Å². The minimum Gasteiger partial charge on any atom is -0.507 e. The molecule has 1 aliphatic rings. The second kappa shape index (κ2) is 3.87. The van der Waals surface area contributed by atoms with Crippen LogP contribution >= 0.6 is 0 Å². The maximum atomic E-state index is 9.51. The maximum Gasteiger partial charge on any atom is 0.122 e. The van der Waals surface area contributed by atoms with E-state index in [-0.39, 0.29) is 5.75 Å². The van der Waals surface area contributed by atoms with Gasteiger partial charge in [0.2, 0.25) is 0 Å². The Morgan fingerprint density at radius 2 is 2.14 bits per heavy atom. The van der Waals surface area contributed by atoms with E-state index in [1.807, 2.05) is 18.2 Å². The van der Waals surface area contributed by atoms with Crippen molar-refractivity contribution in [2.24, 2.45) is 9.98 Å². The van der Waals surface area contributed by atoms with Crippen LogP contribution in [0.5, 0.6) is 5.75 Å². The molecule has 1 aromatic rings. The minimum atomic E-state index is 0.281. The molecule has 0 fully saturated rings. The van der Waals surface area contributed by atoms with Crippen LogP contribution in [0.2, 0.25) is 0 Å². The molecule has 0 aliphatic carbocycles. The molecule has 0 saturated heterocycles. The lowest BCUT2D eigenvalue weighted by Gasteiger charge is -2.02. The summed E-state index contributed by atoms with van der Waals surface area (Å²) in [7, 11) is 0. The van der Waals surface area contributed by atoms with Crippen molar-refractivity contribution in [2.45, 2.75) is 0 Å². The summed E-state index contributed by atoms with van der Waals surface area (Å²) in [5, 5.41) is 9.51. The quantitative estimate of drug-likeness (QED) is 0.715. The number of phenols is 1. The number of phenolic OH excluding ortho intramolecular Hbond substituents is 1. The molecule has 0 spiro atoms. The topological polar surface area (TPSA) is 45.0 Å². The van der Waals surface area contributed by atoms with Gasteiger partial charge in [0, 0.05) is 11.8 Å². The molecule has 1 heterocycles. The van der Waals surface area contributed by atoms with Crippen molar-refractivity contribution in [3.63, 3.8) is 0 Å². The zero-order valence-electron chi connectivity index (χ0n) is 7.59. The molecule has 70 valence electrons. The third-order valence-corrected chi connectivity index (χ3v) is 1.94. The van der Waals surface area contributed by atoms with Crippen molar-refractivity contribution in [3.05, 3.63) is 35.4 Å². The van der Waals surface area contributed by atoms with Crippen LogP contribution < -0.4 is 0 Å². The van der Waals surface area contributed by atoms with Crippen molar-refractivity contribution in [1.82, 2.24) is 0 Å². The Morgan fingerprint density at radius 1 is 1.29 bits per heavy atom. The fraction of sp³-hybridized carbons (Fsp3) is 0.0909. The summed E-state index contributed by atoms with van der Waals surface area (Å²) in [6.07, 6.45) is 5.16. The first-order valence-corrected chi connectivity index (χ1v) is 4.36. The predicted octanol–water partition coefficient (Wildman–Crippen LogP) is 1.89. The first kappa shape index (κ1) is 8.69. The standard InChI is InChI=1S/C11H10N2O/c14-11-4-2-1-3-10(11)5-9-6-12-8-13-7-9/h1-6,8,14H,7H2. The van der Waals surface area contributed by atoms with Gasteiger partial charge in [-0.2, -0.15) is 0 Å². The zero-order chi connectivity index (χ0) is 9.80. The fourth-order valence-electron chi connectivity index (χ4n) is 1.26. The van der Waals surface area contributed by atoms with E-state index in [2.05, 4.69) is 9.98 Å². The van der Waals surface area contributed by atoms with E-state index >= 15 is 0 Å². The van der Waals surface area contributed by atoms with Crippen LogP contribution in [0.1, 0.15) is 5.56 Å². The van der Waals surface area contributed by atoms with Crippen LogP contribution in [-0.2, 0) is 0 Å². The molecule has 0 bridgehead atoms. The average Bonchev–Trinajstić information content (AvgIpc) is 2.23. The first-order chi connectivity index (χ1) is 6.86. The number of aliphatic imine (C=N–C) groups is 2. The Morgan fingerprint density at radius 3 is 2.86 bits per heavy atom. The molecule has 3 nitrogen and oxygen atoms in total. The van der Waals surface area contributed by atoms with Gasteiger partial charge in [-0.15, -0.1) is 0 Å². The van der Waals surface area contributed by atoms with Gasteiger partial charge in [0.1, 0.15) is 12.1 Å². The molecular formula is C11H10N2O. The van der Waals surface area contributed by atoms with E-state index in [0.717, 1.165) is 11.1 Å². The third kappa shape index (κ3) is 1.88. The number of hydrogen-bond acceptors (Lipinski definition) is 3. The molecule has 0 amide bonds. The summed E-state index contributed by atoms with van der Waals surface area (Å²) in [5.74, 6) is 0.281. The van der Waals surface area contributed by atoms with E-state index in [9.17, 15) is 5.11 Å². The molecule has 1 N–H and O–H groups in total. The summed E-state index contributed by atoms with van der Waals surface area (Å²) < 4.78 is 0. The molecule has 14 heavy (non-hydrogen) atoms. The summed E-state index contributed by atoms with van der Waals surface area (Å²) in [4.78, 5) is 7.93. The number of hydrogen-bond donors (Lipinski definition) is 1. The monoisotopic (exact) mass is 186 g/mol. The Kier molecular flexibility index (Phi) is 2.40. The largest absolute Gasteiger partial charge is 0.507 e. The van der Waals surface area contributed by atoms with Crippen molar-refractivity contribution in [3.8, 4) is 5.75 Å². The highest BCUT2D eigenvalue weighted by molar-refractivity contribution is 5.92. The van der Waals surface area contributed by atoms with Gasteiger partial charge < -0.3 is 5.11 Å². The van der Waals surface area contributed by atoms with Gasteiger partial charge >= 0.3 is 0 Å². The molecular weight excluding hydrogens is 176 g/mol. The Hall–Kier alpha value is -1.90. The lowest BCUT2D eigenvalue weighted by molar-refractivity contribution is 0.474. The fourth-order valence-corrected chi connectivity index (χ4v) is 1.26. The number of para-hydroxylation sites is 1. The number of nitrogens with zero attached hydrogens (tertiary/aromatic N) is 2. The van der Waals surface area contributed by atoms with E-state index in [0.29, 0.717) is 6.54 Å². The zero-order valence-corrected chi connectivity index (χ0v) is 7.59. The number of benzene rings is 1. The van der Waals surface area contributed by atoms with Crippen molar-refractivity contribution >= 4 is 18.6 Å². The highest BCUT2D eigenvalue weighted by atomic mass is 16.3. The third-order valence-electron chi connectivity index (χ3n) is 1.94. The molecule has 0 atom stereocenters. The highest BCUT2D eigenvalue weighted by Gasteiger charge is 1.99. The van der Waals surface area contributed by atoms with E-state index in [1.54, 1.807) is 18.3 Å². The minimum absolute atomic E-state index is 0.281. The van der Waals surface area contributed by atoms with Gasteiger partial charge in [-0.3, -0.25) is 4.99 Å². The summed E-state index contributed by atoms with van der Waals surface area (Å²) in [5.41, 5.74) is 1.79. The molecule has 3 heteroatoms. The van der Waals surface area contributed by atoms with Gasteiger partial charge in [-0.1, -0.05) is 18.2 Å². The predicted molar refractivity (Wildman–Crippen MR) is 57.9 cm³/mol. The Balaban J connectivity index is 2.29. The SMILES string of the molecule is Oc1ccccc1C=C1C=NC=NC1. The maximum absolute atomic E-state index is 9.51. The van der Waals surface area contributed by atoms with E-state index in [1.165, 1.54) is 6.34 Å². The van der Waals surface area contributed by atoms with Gasteiger partial charge in [0.15, 0.2) is 0 Å². The summed E-state index contributed by atoms with van der Waals surface area (Å²) in [6.45, 7) is 0.623. The van der Waals surface area contributed by atoms with Crippen LogP contribution in [0, 0.1) is 0 Å². The second-order valence-corrected chi connectivity index (χ2v) is 3.01. The van der Waals surface area contributed by atoms with Crippen LogP contribution in [-0.4, -0.2) is 24.2 Å². The summed E-state index contributed by atoms with van der Waals surface area (Å²) in [6, 6.07) is 7.20. The van der Waals surface area contributed by atoms with Crippen LogP contribution in [0.25, 0.3) is 6.08 Å². The molecule has 0 radical (unpaired) electrons. The van der Waals surface area contributed by atoms with E-state index < -0.39 is 0 Å². The van der Waals surface area contributed by atoms with Crippen molar-refractivity contribution < 1.29 is 5.11 Å². The lowest BCUT2D eigenvalue weighted by atomic mass is 10.1. The Bertz CT molecular complexity index is 419. The van der Waals surface area contributed by atoms with Crippen molar-refractivity contribution in [1.29, 1.82) is 0 Å². The average molecular weight is 186 g/mol. The molecule has 2 rings (SSSR count). The van der Waals surface area contributed by atoms with Gasteiger partial charge in [-0.05, 0) is 17.7 Å². The molecule has 0 saturated carbocycles. The van der Waals surface area contributed by atoms with Gasteiger partial charge in [0.05, 0.1) is 6.54 Å². The molecule has 0 unspecified atom stereocenters. The molecule has 0 aromatic heterocycles. The van der Waals surface area contributed by atoms with Crippen molar-refractivity contribution in [2.75, 3.05) is 6.54 Å². The molecule has 1 aliphatic heterocycles. The highest BCUT2D eigenvalue weighted by Crippen LogP contribution is 2.18. The van der Waals surface area contributed by atoms with Crippen LogP contribution in [0.3, 0.4) is 0 Å². The Labute approximate surface area is 82.1 Å². The number of rotatable bonds is 1. The second-order valence-electron chi connectivity index (χ2n) is 3.01. The smallest absolute Gasteiger partial charge is 0.122 e. The van der Waals surface area contributed by atoms with Gasteiger partial charge in [0.25, 0.3) is 0 Å². The summed E-state index contributed by atoms with van der Waals surface area (Å²) >= 11 is 0. The number of aromatic hydroxyl groups is 1. The lowest BCUT2D eigenvalue weighted by Crippen LogP contribution is -1.96. The first-order valence-electron chi connectivity index (χ1n) is 4.36. The van der Waals surface area contributed by atoms with E-state index in [4.69, 9.17) is 0 Å².